The van der Waals surface area contributed by atoms with E-state index in [2.05, 4.69) is 10.3 Å². The monoisotopic (exact) mass is 458 g/mol. The van der Waals surface area contributed by atoms with Crippen LogP contribution in [0.2, 0.25) is 10.0 Å². The number of benzene rings is 2. The highest BCUT2D eigenvalue weighted by Gasteiger charge is 2.22. The van der Waals surface area contributed by atoms with Gasteiger partial charge in [-0.3, -0.25) is 4.79 Å². The Balaban J connectivity index is 1.80. The Morgan fingerprint density at radius 2 is 1.65 bits per heavy atom. The summed E-state index contributed by atoms with van der Waals surface area (Å²) in [5.74, 6) is -1.47. The summed E-state index contributed by atoms with van der Waals surface area (Å²) in [5, 5.41) is 3.52. The Bertz CT molecular complexity index is 1100. The van der Waals surface area contributed by atoms with Crippen molar-refractivity contribution in [2.45, 2.75) is 13.0 Å². The number of halogens is 3. The summed E-state index contributed by atoms with van der Waals surface area (Å²) in [6, 6.07) is 15.3. The molecule has 3 rings (SSSR count). The number of hydrogen-bond donors (Lipinski definition) is 1. The fourth-order valence-electron chi connectivity index (χ4n) is 2.57. The number of rotatable bonds is 6. The lowest BCUT2D eigenvalue weighted by molar-refractivity contribution is -0.147. The van der Waals surface area contributed by atoms with E-state index in [1.54, 1.807) is 36.4 Å². The van der Waals surface area contributed by atoms with E-state index in [-0.39, 0.29) is 11.4 Å². The zero-order valence-corrected chi connectivity index (χ0v) is 17.8. The van der Waals surface area contributed by atoms with Crippen LogP contribution in [0.3, 0.4) is 0 Å². The van der Waals surface area contributed by atoms with Gasteiger partial charge in [0.25, 0.3) is 5.91 Å². The van der Waals surface area contributed by atoms with Crippen LogP contribution in [0.15, 0.2) is 66.9 Å². The first kappa shape index (κ1) is 22.5. The predicted octanol–water partition coefficient (Wildman–Crippen LogP) is 5.64. The molecule has 158 valence electrons. The van der Waals surface area contributed by atoms with Crippen molar-refractivity contribution >= 4 is 52.5 Å². The first-order chi connectivity index (χ1) is 14.8. The molecule has 31 heavy (non-hydrogen) atoms. The smallest absolute Gasteiger partial charge is 0.339 e. The topological polar surface area (TPSA) is 68.3 Å². The Morgan fingerprint density at radius 1 is 1.00 bits per heavy atom. The maximum absolute atomic E-state index is 13.4. The van der Waals surface area contributed by atoms with Gasteiger partial charge >= 0.3 is 5.97 Å². The molecule has 0 bridgehead atoms. The fraction of sp³-hybridized carbons (Fsp3) is 0.0870. The molecule has 0 aliphatic carbocycles. The van der Waals surface area contributed by atoms with Gasteiger partial charge in [-0.25, -0.2) is 14.2 Å². The summed E-state index contributed by atoms with van der Waals surface area (Å²) in [7, 11) is 0. The summed E-state index contributed by atoms with van der Waals surface area (Å²) >= 11 is 11.7. The number of ether oxygens (including phenoxy) is 1. The quantitative estimate of drug-likeness (QED) is 0.294. The normalized spacial score (nSPS) is 12.2. The second kappa shape index (κ2) is 10.2. The predicted molar refractivity (Wildman–Crippen MR) is 119 cm³/mol. The van der Waals surface area contributed by atoms with Crippen LogP contribution in [0.1, 0.15) is 18.1 Å². The van der Waals surface area contributed by atoms with Gasteiger partial charge < -0.3 is 10.1 Å². The molecule has 0 saturated carbocycles. The number of hydrogen-bond acceptors (Lipinski definition) is 4. The van der Waals surface area contributed by atoms with Gasteiger partial charge in [-0.2, -0.15) is 0 Å². The summed E-state index contributed by atoms with van der Waals surface area (Å²) in [6.45, 7) is 1.44. The number of carbonyl (C=O) groups is 2. The third-order valence-electron chi connectivity index (χ3n) is 4.19. The molecule has 5 nitrogen and oxygen atoms in total. The maximum Gasteiger partial charge on any atom is 0.339 e. The lowest BCUT2D eigenvalue weighted by Gasteiger charge is -2.15. The molecule has 1 amide bonds. The molecular formula is C23H17Cl2FN2O3. The Labute approximate surface area is 188 Å². The van der Waals surface area contributed by atoms with E-state index < -0.39 is 23.8 Å². The summed E-state index contributed by atoms with van der Waals surface area (Å²) in [5.41, 5.74) is 1.28. The minimum Gasteiger partial charge on any atom is -0.449 e. The average molecular weight is 459 g/mol. The Kier molecular flexibility index (Phi) is 7.39. The first-order valence-corrected chi connectivity index (χ1v) is 9.94. The van der Waals surface area contributed by atoms with E-state index in [0.717, 1.165) is 0 Å². The molecule has 1 heterocycles. The van der Waals surface area contributed by atoms with Gasteiger partial charge in [0.2, 0.25) is 0 Å². The number of anilines is 1. The molecule has 0 aliphatic rings. The van der Waals surface area contributed by atoms with Crippen LogP contribution < -0.4 is 5.32 Å². The largest absolute Gasteiger partial charge is 0.449 e. The van der Waals surface area contributed by atoms with Crippen molar-refractivity contribution in [1.29, 1.82) is 0 Å². The van der Waals surface area contributed by atoms with Crippen molar-refractivity contribution in [2.24, 2.45) is 0 Å². The SMILES string of the molecule is CC(OC(=O)/C(=C/c1ccc(Cl)cc1)c1ccc(F)cc1)C(=O)Nc1ccc(Cl)cn1. The number of amides is 1. The van der Waals surface area contributed by atoms with Crippen molar-refractivity contribution in [2.75, 3.05) is 5.32 Å². The third kappa shape index (κ3) is 6.38. The van der Waals surface area contributed by atoms with Gasteiger partial charge in [0, 0.05) is 11.2 Å². The highest BCUT2D eigenvalue weighted by Crippen LogP contribution is 2.22. The molecule has 1 atom stereocenters. The molecule has 1 aromatic heterocycles. The second-order valence-electron chi connectivity index (χ2n) is 6.51. The lowest BCUT2D eigenvalue weighted by Crippen LogP contribution is -2.30. The van der Waals surface area contributed by atoms with Crippen LogP contribution >= 0.6 is 23.2 Å². The molecule has 3 aromatic rings. The number of pyridine rings is 1. The summed E-state index contributed by atoms with van der Waals surface area (Å²) < 4.78 is 18.7. The van der Waals surface area contributed by atoms with Crippen LogP contribution in [0.5, 0.6) is 0 Å². The highest BCUT2D eigenvalue weighted by atomic mass is 35.5. The van der Waals surface area contributed by atoms with Crippen molar-refractivity contribution in [1.82, 2.24) is 4.98 Å². The Morgan fingerprint density at radius 3 is 2.26 bits per heavy atom. The molecule has 2 aromatic carbocycles. The molecule has 1 unspecified atom stereocenters. The maximum atomic E-state index is 13.4. The molecule has 0 fully saturated rings. The van der Waals surface area contributed by atoms with E-state index in [1.165, 1.54) is 43.5 Å². The molecular weight excluding hydrogens is 442 g/mol. The number of nitrogens with one attached hydrogen (secondary N) is 1. The van der Waals surface area contributed by atoms with Crippen molar-refractivity contribution in [3.8, 4) is 0 Å². The van der Waals surface area contributed by atoms with Crippen LogP contribution in [-0.4, -0.2) is 23.0 Å². The number of nitrogens with zero attached hydrogens (tertiary/aromatic N) is 1. The number of aromatic nitrogens is 1. The van der Waals surface area contributed by atoms with Crippen LogP contribution in [0.25, 0.3) is 11.6 Å². The van der Waals surface area contributed by atoms with E-state index in [1.807, 2.05) is 0 Å². The minimum absolute atomic E-state index is 0.159. The molecule has 8 heteroatoms. The van der Waals surface area contributed by atoms with Gasteiger partial charge in [-0.05, 0) is 60.5 Å². The molecule has 0 spiro atoms. The van der Waals surface area contributed by atoms with E-state index in [9.17, 15) is 14.0 Å². The van der Waals surface area contributed by atoms with Crippen LogP contribution in [0.4, 0.5) is 10.2 Å². The fourth-order valence-corrected chi connectivity index (χ4v) is 2.81. The molecule has 0 aliphatic heterocycles. The van der Waals surface area contributed by atoms with Gasteiger partial charge in [-0.15, -0.1) is 0 Å². The second-order valence-corrected chi connectivity index (χ2v) is 7.39. The standard InChI is InChI=1S/C23H17Cl2FN2O3/c1-14(22(29)28-21-11-8-18(25)13-27-21)31-23(30)20(16-4-9-19(26)10-5-16)12-15-2-6-17(24)7-3-15/h2-14H,1H3,(H,27,28,29)/b20-12+. The highest BCUT2D eigenvalue weighted by molar-refractivity contribution is 6.31. The minimum atomic E-state index is -1.11. The number of carbonyl (C=O) groups excluding carboxylic acids is 2. The van der Waals surface area contributed by atoms with Gasteiger partial charge in [0.05, 0.1) is 10.6 Å². The molecule has 0 saturated heterocycles. The van der Waals surface area contributed by atoms with Gasteiger partial charge in [-0.1, -0.05) is 47.5 Å². The van der Waals surface area contributed by atoms with Gasteiger partial charge in [0.1, 0.15) is 11.6 Å². The summed E-state index contributed by atoms with van der Waals surface area (Å²) in [4.78, 5) is 29.2. The van der Waals surface area contributed by atoms with Crippen molar-refractivity contribution < 1.29 is 18.7 Å². The van der Waals surface area contributed by atoms with Crippen molar-refractivity contribution in [3.63, 3.8) is 0 Å². The van der Waals surface area contributed by atoms with Crippen molar-refractivity contribution in [3.05, 3.63) is 93.8 Å². The van der Waals surface area contributed by atoms with Crippen LogP contribution in [0, 0.1) is 5.82 Å². The van der Waals surface area contributed by atoms with E-state index >= 15 is 0 Å². The summed E-state index contributed by atoms with van der Waals surface area (Å²) in [6.07, 6.45) is 1.85. The molecule has 1 N–H and O–H groups in total. The Hall–Kier alpha value is -3.22. The number of esters is 1. The van der Waals surface area contributed by atoms with Gasteiger partial charge in [0.15, 0.2) is 6.10 Å². The van der Waals surface area contributed by atoms with E-state index in [0.29, 0.717) is 21.2 Å². The zero-order chi connectivity index (χ0) is 22.4. The zero-order valence-electron chi connectivity index (χ0n) is 16.3. The first-order valence-electron chi connectivity index (χ1n) is 9.18. The lowest BCUT2D eigenvalue weighted by atomic mass is 10.0. The van der Waals surface area contributed by atoms with E-state index in [4.69, 9.17) is 27.9 Å². The third-order valence-corrected chi connectivity index (χ3v) is 4.66. The molecule has 0 radical (unpaired) electrons. The van der Waals surface area contributed by atoms with Crippen LogP contribution in [-0.2, 0) is 14.3 Å². The average Bonchev–Trinajstić information content (AvgIpc) is 2.75.